The molecule has 4 aromatic heterocycles. The number of para-hydroxylation sites is 2. The Hall–Kier alpha value is -7.76. The maximum absolute atomic E-state index is 7.13. The van der Waals surface area contributed by atoms with Crippen LogP contribution in [0.15, 0.2) is 176 Å². The Kier molecular flexibility index (Phi) is 5.46. The van der Waals surface area contributed by atoms with E-state index in [1.807, 2.05) is 0 Å². The summed E-state index contributed by atoms with van der Waals surface area (Å²) in [6.45, 7) is -0.0827. The summed E-state index contributed by atoms with van der Waals surface area (Å²) in [5, 5.41) is 9.88. The van der Waals surface area contributed by atoms with Crippen LogP contribution in [-0.4, -0.2) is 15.5 Å². The lowest BCUT2D eigenvalue weighted by atomic mass is 9.34. The van der Waals surface area contributed by atoms with Gasteiger partial charge in [0.1, 0.15) is 23.0 Å². The molecule has 15 rings (SSSR count). The van der Waals surface area contributed by atoms with Crippen LogP contribution in [0, 0.1) is 0 Å². The highest BCUT2D eigenvalue weighted by Crippen LogP contribution is 2.48. The SMILES string of the molecule is c1ccc(-c2ccc3c(c2)c2cccc4c5ccc6c(c5n3c24)Oc2cccc3c2B6c2ccc4c5cccc6c7cc(-c8ccccc8)ccc7n(c4c2O3)c65)cc1. The van der Waals surface area contributed by atoms with Gasteiger partial charge in [-0.05, 0) is 69.6 Å². The second-order valence-electron chi connectivity index (χ2n) is 16.3. The molecule has 0 amide bonds. The molecule has 2 aliphatic heterocycles. The fraction of sp³-hybridized carbons (Fsp3) is 0. The number of benzene rings is 9. The van der Waals surface area contributed by atoms with E-state index >= 15 is 0 Å². The van der Waals surface area contributed by atoms with Crippen LogP contribution in [-0.2, 0) is 0 Å². The highest BCUT2D eigenvalue weighted by atomic mass is 16.5. The van der Waals surface area contributed by atoms with Crippen molar-refractivity contribution in [3.8, 4) is 45.3 Å². The average molecular weight is 749 g/mol. The second kappa shape index (κ2) is 10.6. The van der Waals surface area contributed by atoms with Gasteiger partial charge in [0.25, 0.3) is 6.71 Å². The number of hydrogen-bond donors (Lipinski definition) is 0. The topological polar surface area (TPSA) is 27.3 Å². The average Bonchev–Trinajstić information content (AvgIpc) is 4.03. The molecule has 0 radical (unpaired) electrons. The zero-order valence-corrected chi connectivity index (χ0v) is 31.5. The third-order valence-corrected chi connectivity index (χ3v) is 13.5. The normalized spacial score (nSPS) is 13.3. The van der Waals surface area contributed by atoms with Crippen LogP contribution in [0.1, 0.15) is 0 Å². The number of hydrogen-bond acceptors (Lipinski definition) is 2. The minimum atomic E-state index is -0.0827. The maximum Gasteiger partial charge on any atom is 0.260 e. The summed E-state index contributed by atoms with van der Waals surface area (Å²) in [4.78, 5) is 0. The quantitative estimate of drug-likeness (QED) is 0.165. The van der Waals surface area contributed by atoms with Crippen molar-refractivity contribution in [1.29, 1.82) is 0 Å². The van der Waals surface area contributed by atoms with E-state index in [4.69, 9.17) is 9.47 Å². The summed E-state index contributed by atoms with van der Waals surface area (Å²) in [5.74, 6) is 3.52. The van der Waals surface area contributed by atoms with Gasteiger partial charge in [0.2, 0.25) is 0 Å². The minimum absolute atomic E-state index is 0.0827. The Bertz CT molecular complexity index is 3700. The van der Waals surface area contributed by atoms with E-state index in [-0.39, 0.29) is 6.71 Å². The van der Waals surface area contributed by atoms with Gasteiger partial charge in [0.05, 0.1) is 33.1 Å². The van der Waals surface area contributed by atoms with E-state index < -0.39 is 0 Å². The predicted molar refractivity (Wildman–Crippen MR) is 244 cm³/mol. The van der Waals surface area contributed by atoms with Crippen LogP contribution in [0.3, 0.4) is 0 Å². The van der Waals surface area contributed by atoms with Crippen molar-refractivity contribution in [2.45, 2.75) is 0 Å². The predicted octanol–water partition coefficient (Wildman–Crippen LogP) is 12.0. The lowest BCUT2D eigenvalue weighted by molar-refractivity contribution is 0.468. The van der Waals surface area contributed by atoms with E-state index in [1.165, 1.54) is 87.4 Å². The summed E-state index contributed by atoms with van der Waals surface area (Å²) in [6, 6.07) is 64.2. The monoisotopic (exact) mass is 748 g/mol. The first-order valence-corrected chi connectivity index (χ1v) is 20.4. The van der Waals surface area contributed by atoms with Crippen LogP contribution >= 0.6 is 0 Å². The first kappa shape index (κ1) is 30.4. The summed E-state index contributed by atoms with van der Waals surface area (Å²) in [5.41, 5.74) is 15.3. The Balaban J connectivity index is 1.01. The summed E-state index contributed by atoms with van der Waals surface area (Å²) in [7, 11) is 0. The molecule has 6 heterocycles. The Morgan fingerprint density at radius 2 is 0.746 bits per heavy atom. The van der Waals surface area contributed by atoms with Gasteiger partial charge in [-0.25, -0.2) is 0 Å². The number of aromatic nitrogens is 2. The van der Waals surface area contributed by atoms with Crippen molar-refractivity contribution >= 4 is 99.3 Å². The molecule has 0 saturated heterocycles. The number of nitrogens with zero attached hydrogens (tertiary/aromatic N) is 2. The van der Waals surface area contributed by atoms with Gasteiger partial charge >= 0.3 is 0 Å². The summed E-state index contributed by atoms with van der Waals surface area (Å²) < 4.78 is 19.2. The highest BCUT2D eigenvalue weighted by molar-refractivity contribution is 6.98. The van der Waals surface area contributed by atoms with Gasteiger partial charge in [-0.2, -0.15) is 0 Å². The molecule has 0 aliphatic carbocycles. The van der Waals surface area contributed by atoms with Crippen molar-refractivity contribution in [3.05, 3.63) is 176 Å². The van der Waals surface area contributed by atoms with Crippen LogP contribution in [0.4, 0.5) is 0 Å². The zero-order valence-electron chi connectivity index (χ0n) is 31.5. The number of rotatable bonds is 2. The molecule has 0 spiro atoms. The Labute approximate surface area is 337 Å². The molecule has 5 heteroatoms. The summed E-state index contributed by atoms with van der Waals surface area (Å²) in [6.07, 6.45) is 0. The van der Waals surface area contributed by atoms with E-state index in [0.717, 1.165) is 50.4 Å². The minimum Gasteiger partial charge on any atom is -0.456 e. The molecule has 13 aromatic rings. The van der Waals surface area contributed by atoms with Crippen molar-refractivity contribution in [2.75, 3.05) is 0 Å². The van der Waals surface area contributed by atoms with Crippen molar-refractivity contribution in [1.82, 2.24) is 8.80 Å². The molecule has 0 atom stereocenters. The standard InChI is InChI=1S/C54H29BN2O2/c1-3-10-30(11-4-1)32-20-26-44-40(28-32)36-16-7-14-34-38-22-24-42-53(51(38)56(44)49(34)36)58-46-18-9-19-47-48(46)55(42)43-25-23-39-35-15-8-17-37-41-29-33(31-12-5-2-6-13-31)21-27-45(41)57(50(35)37)52(39)54(43)59-47/h1-29H. The van der Waals surface area contributed by atoms with E-state index in [1.54, 1.807) is 0 Å². The molecule has 0 fully saturated rings. The van der Waals surface area contributed by atoms with Crippen LogP contribution < -0.4 is 25.9 Å². The van der Waals surface area contributed by atoms with Gasteiger partial charge in [-0.15, -0.1) is 0 Å². The third-order valence-electron chi connectivity index (χ3n) is 13.5. The molecule has 2 aliphatic rings. The van der Waals surface area contributed by atoms with E-state index in [9.17, 15) is 0 Å². The molecular weight excluding hydrogens is 719 g/mol. The largest absolute Gasteiger partial charge is 0.456 e. The smallest absolute Gasteiger partial charge is 0.260 e. The number of fused-ring (bicyclic) bond motifs is 18. The lowest BCUT2D eigenvalue weighted by Gasteiger charge is -2.33. The zero-order chi connectivity index (χ0) is 38.1. The van der Waals surface area contributed by atoms with Crippen molar-refractivity contribution in [2.24, 2.45) is 0 Å². The Morgan fingerprint density at radius 1 is 0.322 bits per heavy atom. The lowest BCUT2D eigenvalue weighted by Crippen LogP contribution is -2.57. The molecule has 0 unspecified atom stereocenters. The molecule has 59 heavy (non-hydrogen) atoms. The molecule has 9 aromatic carbocycles. The van der Waals surface area contributed by atoms with Gasteiger partial charge in [0.15, 0.2) is 0 Å². The van der Waals surface area contributed by atoms with Gasteiger partial charge in [-0.1, -0.05) is 140 Å². The molecule has 270 valence electrons. The van der Waals surface area contributed by atoms with Gasteiger partial charge < -0.3 is 18.3 Å². The highest BCUT2D eigenvalue weighted by Gasteiger charge is 2.42. The van der Waals surface area contributed by atoms with Crippen LogP contribution in [0.25, 0.3) is 98.4 Å². The first-order chi connectivity index (χ1) is 29.3. The maximum atomic E-state index is 7.13. The third kappa shape index (κ3) is 3.68. The molecule has 0 bridgehead atoms. The van der Waals surface area contributed by atoms with E-state index in [2.05, 4.69) is 185 Å². The first-order valence-electron chi connectivity index (χ1n) is 20.4. The van der Waals surface area contributed by atoms with Crippen molar-refractivity contribution in [3.63, 3.8) is 0 Å². The van der Waals surface area contributed by atoms with Crippen LogP contribution in [0.5, 0.6) is 23.0 Å². The molecule has 4 nitrogen and oxygen atoms in total. The molecule has 0 N–H and O–H groups in total. The van der Waals surface area contributed by atoms with E-state index in [0.29, 0.717) is 0 Å². The van der Waals surface area contributed by atoms with Gasteiger partial charge in [-0.3, -0.25) is 0 Å². The van der Waals surface area contributed by atoms with Crippen molar-refractivity contribution < 1.29 is 9.47 Å². The summed E-state index contributed by atoms with van der Waals surface area (Å²) >= 11 is 0. The fourth-order valence-electron chi connectivity index (χ4n) is 11.1. The second-order valence-corrected chi connectivity index (χ2v) is 16.3. The Morgan fingerprint density at radius 3 is 1.22 bits per heavy atom. The van der Waals surface area contributed by atoms with Crippen LogP contribution in [0.2, 0.25) is 0 Å². The number of ether oxygens (including phenoxy) is 2. The molecular formula is C54H29BN2O2. The fourth-order valence-corrected chi connectivity index (χ4v) is 11.1. The van der Waals surface area contributed by atoms with Gasteiger partial charge in [0, 0.05) is 48.6 Å². The molecule has 0 saturated carbocycles.